The van der Waals surface area contributed by atoms with E-state index in [0.29, 0.717) is 31.1 Å². The monoisotopic (exact) mass is 446 g/mol. The topological polar surface area (TPSA) is 62.2 Å². The first-order valence-corrected chi connectivity index (χ1v) is 11.2. The van der Waals surface area contributed by atoms with Crippen molar-refractivity contribution in [2.45, 2.75) is 12.5 Å². The molecule has 0 aliphatic carbocycles. The predicted octanol–water partition coefficient (Wildman–Crippen LogP) is 3.89. The van der Waals surface area contributed by atoms with Crippen molar-refractivity contribution in [2.24, 2.45) is 0 Å². The average Bonchev–Trinajstić information content (AvgIpc) is 2.87. The summed E-state index contributed by atoms with van der Waals surface area (Å²) in [5.74, 6) is 0.634. The molecule has 1 aliphatic heterocycles. The number of benzene rings is 3. The van der Waals surface area contributed by atoms with Gasteiger partial charge in [-0.05, 0) is 28.8 Å². The number of rotatable bonds is 7. The Morgan fingerprint density at radius 1 is 0.848 bits per heavy atom. The lowest BCUT2D eigenvalue weighted by Gasteiger charge is -2.36. The van der Waals surface area contributed by atoms with Crippen molar-refractivity contribution < 1.29 is 19.4 Å². The first kappa shape index (κ1) is 22.7. The molecule has 33 heavy (non-hydrogen) atoms. The first-order chi connectivity index (χ1) is 16.1. The van der Waals surface area contributed by atoms with Crippen LogP contribution in [0.5, 0.6) is 17.2 Å². The lowest BCUT2D eigenvalue weighted by Crippen LogP contribution is -2.49. The Bertz CT molecular complexity index is 999. The zero-order chi connectivity index (χ0) is 23.2. The largest absolute Gasteiger partial charge is 0.502 e. The summed E-state index contributed by atoms with van der Waals surface area (Å²) in [5.41, 5.74) is 3.02. The molecule has 1 N–H and O–H groups in total. The van der Waals surface area contributed by atoms with Gasteiger partial charge in [-0.2, -0.15) is 0 Å². The fourth-order valence-electron chi connectivity index (χ4n) is 4.37. The number of phenolic OH excluding ortho intramolecular Hbond substituents is 1. The number of ether oxygens (including phenoxy) is 2. The molecule has 1 aliphatic rings. The van der Waals surface area contributed by atoms with Crippen LogP contribution >= 0.6 is 0 Å². The third kappa shape index (κ3) is 5.12. The molecule has 1 fully saturated rings. The Morgan fingerprint density at radius 3 is 1.79 bits per heavy atom. The molecule has 1 amide bonds. The van der Waals surface area contributed by atoms with Crippen LogP contribution < -0.4 is 9.47 Å². The third-order valence-corrected chi connectivity index (χ3v) is 6.14. The maximum Gasteiger partial charge on any atom is 0.234 e. The van der Waals surface area contributed by atoms with Gasteiger partial charge in [-0.1, -0.05) is 60.7 Å². The van der Waals surface area contributed by atoms with Crippen molar-refractivity contribution in [1.82, 2.24) is 9.80 Å². The number of amides is 1. The van der Waals surface area contributed by atoms with Crippen LogP contribution in [-0.2, 0) is 11.3 Å². The highest BCUT2D eigenvalue weighted by Gasteiger charge is 2.30. The van der Waals surface area contributed by atoms with E-state index in [4.69, 9.17) is 9.47 Å². The van der Waals surface area contributed by atoms with Gasteiger partial charge in [0.2, 0.25) is 11.7 Å². The van der Waals surface area contributed by atoms with Crippen LogP contribution in [0.25, 0.3) is 0 Å². The van der Waals surface area contributed by atoms with E-state index >= 15 is 0 Å². The van der Waals surface area contributed by atoms with Gasteiger partial charge in [0, 0.05) is 32.7 Å². The fraction of sp³-hybridized carbons (Fsp3) is 0.296. The number of carbonyl (C=O) groups is 1. The number of nitrogens with zero attached hydrogens (tertiary/aromatic N) is 2. The quantitative estimate of drug-likeness (QED) is 0.597. The number of aromatic hydroxyl groups is 1. The van der Waals surface area contributed by atoms with Crippen molar-refractivity contribution in [3.63, 3.8) is 0 Å². The summed E-state index contributed by atoms with van der Waals surface area (Å²) in [7, 11) is 3.05. The lowest BCUT2D eigenvalue weighted by atomic mass is 9.90. The molecule has 0 bridgehead atoms. The molecule has 0 aromatic heterocycles. The zero-order valence-electron chi connectivity index (χ0n) is 19.1. The van der Waals surface area contributed by atoms with Crippen LogP contribution in [0.3, 0.4) is 0 Å². The molecule has 1 saturated heterocycles. The molecule has 0 saturated carbocycles. The van der Waals surface area contributed by atoms with E-state index in [0.717, 1.165) is 29.8 Å². The summed E-state index contributed by atoms with van der Waals surface area (Å²) in [6, 6.07) is 23.6. The highest BCUT2D eigenvalue weighted by atomic mass is 16.5. The van der Waals surface area contributed by atoms with Crippen LogP contribution in [0.15, 0.2) is 72.8 Å². The van der Waals surface area contributed by atoms with E-state index in [1.54, 1.807) is 0 Å². The molecule has 0 atom stereocenters. The zero-order valence-corrected chi connectivity index (χ0v) is 19.1. The molecular formula is C27H30N2O4. The molecule has 0 spiro atoms. The summed E-state index contributed by atoms with van der Waals surface area (Å²) in [5, 5.41) is 10.1. The summed E-state index contributed by atoms with van der Waals surface area (Å²) in [6.45, 7) is 3.57. The van der Waals surface area contributed by atoms with Gasteiger partial charge in [0.05, 0.1) is 20.1 Å². The summed E-state index contributed by atoms with van der Waals surface area (Å²) in [4.78, 5) is 17.9. The summed E-state index contributed by atoms with van der Waals surface area (Å²) >= 11 is 0. The van der Waals surface area contributed by atoms with Crippen molar-refractivity contribution in [2.75, 3.05) is 40.4 Å². The highest BCUT2D eigenvalue weighted by Crippen LogP contribution is 2.37. The van der Waals surface area contributed by atoms with Crippen molar-refractivity contribution in [3.8, 4) is 17.2 Å². The Hall–Kier alpha value is -3.51. The van der Waals surface area contributed by atoms with E-state index < -0.39 is 0 Å². The SMILES string of the molecule is COc1cc(CN2CCN(C(=O)C(c3ccccc3)c3ccccc3)CC2)cc(OC)c1O. The highest BCUT2D eigenvalue weighted by molar-refractivity contribution is 5.87. The van der Waals surface area contributed by atoms with Crippen molar-refractivity contribution >= 4 is 5.91 Å². The normalized spacial score (nSPS) is 14.3. The maximum atomic E-state index is 13.6. The van der Waals surface area contributed by atoms with Gasteiger partial charge >= 0.3 is 0 Å². The molecular weight excluding hydrogens is 416 g/mol. The first-order valence-electron chi connectivity index (χ1n) is 11.2. The molecule has 3 aromatic rings. The van der Waals surface area contributed by atoms with E-state index in [1.807, 2.05) is 77.7 Å². The molecule has 172 valence electrons. The molecule has 6 nitrogen and oxygen atoms in total. The number of phenols is 1. The maximum absolute atomic E-state index is 13.6. The Kier molecular flexibility index (Phi) is 7.15. The number of carbonyl (C=O) groups excluding carboxylic acids is 1. The van der Waals surface area contributed by atoms with Gasteiger partial charge in [-0.15, -0.1) is 0 Å². The van der Waals surface area contributed by atoms with E-state index in [1.165, 1.54) is 14.2 Å². The number of hydrogen-bond acceptors (Lipinski definition) is 5. The van der Waals surface area contributed by atoms with Gasteiger partial charge in [0.15, 0.2) is 11.5 Å². The van der Waals surface area contributed by atoms with Crippen LogP contribution in [0.1, 0.15) is 22.6 Å². The Labute approximate surface area is 195 Å². The van der Waals surface area contributed by atoms with Gasteiger partial charge in [-0.3, -0.25) is 9.69 Å². The molecule has 4 rings (SSSR count). The molecule has 1 heterocycles. The van der Waals surface area contributed by atoms with Crippen LogP contribution in [0.4, 0.5) is 0 Å². The second-order valence-corrected chi connectivity index (χ2v) is 8.20. The minimum absolute atomic E-state index is 0.00651. The van der Waals surface area contributed by atoms with Crippen LogP contribution in [0, 0.1) is 0 Å². The number of piperazine rings is 1. The minimum atomic E-state index is -0.301. The minimum Gasteiger partial charge on any atom is -0.502 e. The van der Waals surface area contributed by atoms with Crippen LogP contribution in [0.2, 0.25) is 0 Å². The van der Waals surface area contributed by atoms with E-state index in [-0.39, 0.29) is 17.6 Å². The number of hydrogen-bond donors (Lipinski definition) is 1. The lowest BCUT2D eigenvalue weighted by molar-refractivity contribution is -0.133. The Morgan fingerprint density at radius 2 is 1.33 bits per heavy atom. The second kappa shape index (κ2) is 10.4. The van der Waals surface area contributed by atoms with Gasteiger partial charge in [0.1, 0.15) is 0 Å². The smallest absolute Gasteiger partial charge is 0.234 e. The predicted molar refractivity (Wildman–Crippen MR) is 128 cm³/mol. The third-order valence-electron chi connectivity index (χ3n) is 6.14. The van der Waals surface area contributed by atoms with Gasteiger partial charge in [0.25, 0.3) is 0 Å². The summed E-state index contributed by atoms with van der Waals surface area (Å²) < 4.78 is 10.5. The second-order valence-electron chi connectivity index (χ2n) is 8.20. The van der Waals surface area contributed by atoms with E-state index in [9.17, 15) is 9.90 Å². The standard InChI is InChI=1S/C27H30N2O4/c1-32-23-17-20(18-24(33-2)26(23)30)19-28-13-15-29(16-14-28)27(31)25(21-9-5-3-6-10-21)22-11-7-4-8-12-22/h3-12,17-18,25,30H,13-16,19H2,1-2H3. The molecule has 3 aromatic carbocycles. The van der Waals surface area contributed by atoms with Crippen molar-refractivity contribution in [1.29, 1.82) is 0 Å². The van der Waals surface area contributed by atoms with Crippen LogP contribution in [-0.4, -0.2) is 61.2 Å². The van der Waals surface area contributed by atoms with Gasteiger partial charge < -0.3 is 19.5 Å². The summed E-state index contributed by atoms with van der Waals surface area (Å²) in [6.07, 6.45) is 0. The molecule has 0 unspecified atom stereocenters. The average molecular weight is 447 g/mol. The molecule has 6 heteroatoms. The Balaban J connectivity index is 1.45. The van der Waals surface area contributed by atoms with Crippen molar-refractivity contribution in [3.05, 3.63) is 89.5 Å². The number of methoxy groups -OCH3 is 2. The fourth-order valence-corrected chi connectivity index (χ4v) is 4.37. The van der Waals surface area contributed by atoms with Gasteiger partial charge in [-0.25, -0.2) is 0 Å². The molecule has 0 radical (unpaired) electrons. The van der Waals surface area contributed by atoms with E-state index in [2.05, 4.69) is 4.90 Å².